The first-order valence-electron chi connectivity index (χ1n) is 7.08. The predicted octanol–water partition coefficient (Wildman–Crippen LogP) is 3.23. The first-order valence-corrected chi connectivity index (χ1v) is 8.90. The number of carboxylic acids is 1. The average molecular weight is 386 g/mol. The minimum absolute atomic E-state index is 0.0597. The number of benzene rings is 1. The molecule has 0 spiro atoms. The summed E-state index contributed by atoms with van der Waals surface area (Å²) in [5.74, 6) is -2.16. The Morgan fingerprint density at radius 2 is 2.00 bits per heavy atom. The maximum atomic E-state index is 13.2. The van der Waals surface area contributed by atoms with Gasteiger partial charge < -0.3 is 5.11 Å². The standard InChI is InChI=1S/C14H15ClF3NO4S/c1-8-9(13(20)21)4-3-7-19(8)24(22,23)12-10(14(16,17)18)5-2-6-11(12)15/h2,5-6,8-9H,3-4,7H2,1H3,(H,20,21)/t8-,9-/m1/s1. The normalized spacial score (nSPS) is 23.2. The van der Waals surface area contributed by atoms with E-state index in [9.17, 15) is 31.5 Å². The van der Waals surface area contributed by atoms with Crippen molar-refractivity contribution in [2.45, 2.75) is 36.9 Å². The second kappa shape index (κ2) is 6.53. The first-order chi connectivity index (χ1) is 11.0. The number of alkyl halides is 3. The minimum atomic E-state index is -4.90. The van der Waals surface area contributed by atoms with Crippen molar-refractivity contribution in [3.05, 3.63) is 28.8 Å². The number of carbonyl (C=O) groups is 1. The molecule has 1 fully saturated rings. The van der Waals surface area contributed by atoms with E-state index in [1.807, 2.05) is 0 Å². The Bertz CT molecular complexity index is 751. The molecule has 1 aromatic rings. The van der Waals surface area contributed by atoms with Crippen LogP contribution in [0.1, 0.15) is 25.3 Å². The van der Waals surface area contributed by atoms with Crippen LogP contribution in [0, 0.1) is 5.92 Å². The van der Waals surface area contributed by atoms with Crippen molar-refractivity contribution < 1.29 is 31.5 Å². The zero-order valence-corrected chi connectivity index (χ0v) is 14.1. The third-order valence-electron chi connectivity index (χ3n) is 4.09. The van der Waals surface area contributed by atoms with E-state index in [4.69, 9.17) is 11.6 Å². The SMILES string of the molecule is C[C@@H]1[C@H](C(=O)O)CCCN1S(=O)(=O)c1c(Cl)cccc1C(F)(F)F. The van der Waals surface area contributed by atoms with Crippen LogP contribution in [0.4, 0.5) is 13.2 Å². The van der Waals surface area contributed by atoms with Crippen molar-refractivity contribution in [1.29, 1.82) is 0 Å². The van der Waals surface area contributed by atoms with E-state index in [0.717, 1.165) is 16.4 Å². The van der Waals surface area contributed by atoms with Gasteiger partial charge in [-0.3, -0.25) is 4.79 Å². The number of hydrogen-bond donors (Lipinski definition) is 1. The molecule has 1 N–H and O–H groups in total. The Morgan fingerprint density at radius 3 is 2.54 bits per heavy atom. The van der Waals surface area contributed by atoms with Crippen molar-refractivity contribution in [1.82, 2.24) is 4.31 Å². The molecule has 10 heteroatoms. The number of carboxylic acid groups (broad SMARTS) is 1. The first kappa shape index (κ1) is 19.0. The number of sulfonamides is 1. The Labute approximate surface area is 142 Å². The number of rotatable bonds is 3. The zero-order valence-electron chi connectivity index (χ0n) is 12.5. The summed E-state index contributed by atoms with van der Waals surface area (Å²) < 4.78 is 66.0. The van der Waals surface area contributed by atoms with Crippen LogP contribution >= 0.6 is 11.6 Å². The molecule has 1 aromatic carbocycles. The average Bonchev–Trinajstić information content (AvgIpc) is 2.45. The molecule has 2 atom stereocenters. The second-order valence-electron chi connectivity index (χ2n) is 5.56. The quantitative estimate of drug-likeness (QED) is 0.866. The molecule has 0 saturated carbocycles. The molecule has 5 nitrogen and oxygen atoms in total. The molecule has 0 bridgehead atoms. The van der Waals surface area contributed by atoms with Crippen molar-refractivity contribution in [2.75, 3.05) is 6.54 Å². The fourth-order valence-corrected chi connectivity index (χ4v) is 5.32. The molecule has 1 saturated heterocycles. The topological polar surface area (TPSA) is 74.7 Å². The number of hydrogen-bond acceptors (Lipinski definition) is 3. The van der Waals surface area contributed by atoms with Gasteiger partial charge in [0.25, 0.3) is 0 Å². The molecule has 0 radical (unpaired) electrons. The van der Waals surface area contributed by atoms with Gasteiger partial charge in [0, 0.05) is 12.6 Å². The molecule has 0 unspecified atom stereocenters. The molecular formula is C14H15ClF3NO4S. The third kappa shape index (κ3) is 3.38. The molecule has 24 heavy (non-hydrogen) atoms. The zero-order chi connectivity index (χ0) is 18.3. The van der Waals surface area contributed by atoms with Crippen LogP contribution in [0.3, 0.4) is 0 Å². The van der Waals surface area contributed by atoms with Crippen LogP contribution < -0.4 is 0 Å². The highest BCUT2D eigenvalue weighted by molar-refractivity contribution is 7.89. The molecular weight excluding hydrogens is 371 g/mol. The summed E-state index contributed by atoms with van der Waals surface area (Å²) in [5, 5.41) is 8.63. The molecule has 0 aliphatic carbocycles. The molecule has 134 valence electrons. The Kier molecular flexibility index (Phi) is 5.17. The Hall–Kier alpha value is -1.32. The molecule has 0 amide bonds. The van der Waals surface area contributed by atoms with Gasteiger partial charge in [-0.05, 0) is 31.9 Å². The van der Waals surface area contributed by atoms with E-state index in [2.05, 4.69) is 0 Å². The molecule has 1 aliphatic heterocycles. The Balaban J connectivity index is 2.58. The fraction of sp³-hybridized carbons (Fsp3) is 0.500. The lowest BCUT2D eigenvalue weighted by Gasteiger charge is -2.36. The molecule has 0 aromatic heterocycles. The van der Waals surface area contributed by atoms with Gasteiger partial charge in [0.15, 0.2) is 0 Å². The number of piperidine rings is 1. The summed E-state index contributed by atoms with van der Waals surface area (Å²) >= 11 is 5.76. The number of aliphatic carboxylic acids is 1. The summed E-state index contributed by atoms with van der Waals surface area (Å²) in [6.45, 7) is 1.31. The highest BCUT2D eigenvalue weighted by Gasteiger charge is 2.44. The smallest absolute Gasteiger partial charge is 0.417 e. The van der Waals surface area contributed by atoms with E-state index in [1.165, 1.54) is 6.92 Å². The lowest BCUT2D eigenvalue weighted by molar-refractivity contribution is -0.144. The summed E-state index contributed by atoms with van der Waals surface area (Å²) in [6, 6.07) is 1.75. The van der Waals surface area contributed by atoms with Gasteiger partial charge in [-0.15, -0.1) is 0 Å². The van der Waals surface area contributed by atoms with Crippen molar-refractivity contribution in [3.63, 3.8) is 0 Å². The van der Waals surface area contributed by atoms with E-state index in [-0.39, 0.29) is 19.4 Å². The maximum absolute atomic E-state index is 13.2. The van der Waals surface area contributed by atoms with E-state index in [1.54, 1.807) is 0 Å². The van der Waals surface area contributed by atoms with Crippen molar-refractivity contribution >= 4 is 27.6 Å². The second-order valence-corrected chi connectivity index (χ2v) is 7.79. The van der Waals surface area contributed by atoms with Crippen molar-refractivity contribution in [3.8, 4) is 0 Å². The van der Waals surface area contributed by atoms with Gasteiger partial charge in [0.1, 0.15) is 4.90 Å². The minimum Gasteiger partial charge on any atom is -0.481 e. The summed E-state index contributed by atoms with van der Waals surface area (Å²) in [4.78, 5) is 10.2. The maximum Gasteiger partial charge on any atom is 0.417 e. The van der Waals surface area contributed by atoms with E-state index < -0.39 is 49.6 Å². The van der Waals surface area contributed by atoms with Gasteiger partial charge in [-0.25, -0.2) is 8.42 Å². The molecule has 2 rings (SSSR count). The van der Waals surface area contributed by atoms with Crippen molar-refractivity contribution in [2.24, 2.45) is 5.92 Å². The van der Waals surface area contributed by atoms with E-state index in [0.29, 0.717) is 6.07 Å². The number of nitrogens with zero attached hydrogens (tertiary/aromatic N) is 1. The summed E-state index contributed by atoms with van der Waals surface area (Å²) in [6.07, 6.45) is -4.40. The highest BCUT2D eigenvalue weighted by Crippen LogP contribution is 2.40. The van der Waals surface area contributed by atoms with Crippen LogP contribution in [0.5, 0.6) is 0 Å². The van der Waals surface area contributed by atoms with Gasteiger partial charge in [0.2, 0.25) is 10.0 Å². The molecule has 1 aliphatic rings. The van der Waals surface area contributed by atoms with Crippen LogP contribution in [-0.4, -0.2) is 36.4 Å². The van der Waals surface area contributed by atoms with Gasteiger partial charge in [0.05, 0.1) is 16.5 Å². The molecule has 1 heterocycles. The van der Waals surface area contributed by atoms with Crippen LogP contribution in [0.15, 0.2) is 23.1 Å². The Morgan fingerprint density at radius 1 is 1.38 bits per heavy atom. The third-order valence-corrected chi connectivity index (χ3v) is 6.60. The van der Waals surface area contributed by atoms with Gasteiger partial charge in [-0.1, -0.05) is 17.7 Å². The van der Waals surface area contributed by atoms with Gasteiger partial charge >= 0.3 is 12.1 Å². The van der Waals surface area contributed by atoms with Crippen LogP contribution in [-0.2, 0) is 21.0 Å². The van der Waals surface area contributed by atoms with Gasteiger partial charge in [-0.2, -0.15) is 17.5 Å². The van der Waals surface area contributed by atoms with Crippen LogP contribution in [0.2, 0.25) is 5.02 Å². The fourth-order valence-electron chi connectivity index (χ4n) is 2.89. The lowest BCUT2D eigenvalue weighted by Crippen LogP contribution is -2.49. The summed E-state index contributed by atoms with van der Waals surface area (Å²) in [5.41, 5.74) is -1.36. The highest BCUT2D eigenvalue weighted by atomic mass is 35.5. The number of halogens is 4. The van der Waals surface area contributed by atoms with E-state index >= 15 is 0 Å². The van der Waals surface area contributed by atoms with Crippen LogP contribution in [0.25, 0.3) is 0 Å². The largest absolute Gasteiger partial charge is 0.481 e. The predicted molar refractivity (Wildman–Crippen MR) is 80.2 cm³/mol. The lowest BCUT2D eigenvalue weighted by atomic mass is 9.92. The monoisotopic (exact) mass is 385 g/mol. The summed E-state index contributed by atoms with van der Waals surface area (Å²) in [7, 11) is -4.60.